The van der Waals surface area contributed by atoms with Crippen molar-refractivity contribution < 1.29 is 13.0 Å². The Morgan fingerprint density at radius 3 is 2.12 bits per heavy atom. The minimum atomic E-state index is -2.75. The molecule has 56 heavy (non-hydrogen) atoms. The van der Waals surface area contributed by atoms with E-state index in [1.54, 1.807) is 25.3 Å². The number of hydrogen-bond acceptors (Lipinski definition) is 3. The Balaban J connectivity index is 1.45. The number of fused-ring (bicyclic) bond motifs is 1. The van der Waals surface area contributed by atoms with E-state index in [1.165, 1.54) is 11.6 Å². The maximum Gasteiger partial charge on any atom is 0.149 e. The Hall–Kier alpha value is -6.26. The average molecular weight is 738 g/mol. The number of pyridine rings is 1. The zero-order chi connectivity index (χ0) is 44.3. The number of nitrogens with zero attached hydrogens (tertiary/aromatic N) is 3. The molecule has 4 nitrogen and oxygen atoms in total. The summed E-state index contributed by atoms with van der Waals surface area (Å²) in [6, 6.07) is 41.7. The van der Waals surface area contributed by atoms with E-state index in [-0.39, 0.29) is 16.5 Å². The van der Waals surface area contributed by atoms with Crippen molar-refractivity contribution >= 4 is 11.0 Å². The number of methoxy groups -OCH3 is 1. The molecule has 0 N–H and O–H groups in total. The lowest BCUT2D eigenvalue weighted by Gasteiger charge is -2.22. The molecular formula is C52H49N3O. The van der Waals surface area contributed by atoms with Gasteiger partial charge >= 0.3 is 0 Å². The first-order chi connectivity index (χ1) is 29.3. The molecule has 4 heteroatoms. The van der Waals surface area contributed by atoms with Crippen molar-refractivity contribution in [2.75, 3.05) is 7.11 Å². The highest BCUT2D eigenvalue weighted by atomic mass is 16.5. The number of ether oxygens (including phenoxy) is 1. The SMILES string of the molecule is [2H]C([2H])([2H])c1cc(-n2c(-c3cc(C)cc(C)c3OC)nc3c(-c4cc(-c5cc(-c6ccc(C)cc6)ccn5)cc(C(C)(C)C)c4)cccc32)cc(-c2ccccc2)c1C([2H])([2H])[2H]. The van der Waals surface area contributed by atoms with E-state index < -0.39 is 13.7 Å². The normalized spacial score (nSPS) is 13.7. The van der Waals surface area contributed by atoms with E-state index in [1.807, 2.05) is 73.1 Å². The molecule has 278 valence electrons. The number of imidazole rings is 1. The van der Waals surface area contributed by atoms with E-state index in [0.717, 1.165) is 50.2 Å². The van der Waals surface area contributed by atoms with Crippen LogP contribution in [0.15, 0.2) is 134 Å². The second-order valence-electron chi connectivity index (χ2n) is 15.7. The molecule has 0 amide bonds. The Morgan fingerprint density at radius 2 is 1.39 bits per heavy atom. The summed E-state index contributed by atoms with van der Waals surface area (Å²) in [5.74, 6) is 1.15. The minimum Gasteiger partial charge on any atom is -0.496 e. The van der Waals surface area contributed by atoms with Gasteiger partial charge in [0, 0.05) is 31.2 Å². The molecule has 0 saturated carbocycles. The molecule has 6 aromatic carbocycles. The minimum absolute atomic E-state index is 0.199. The number of aromatic nitrogens is 3. The van der Waals surface area contributed by atoms with Gasteiger partial charge in [-0.2, -0.15) is 0 Å². The summed E-state index contributed by atoms with van der Waals surface area (Å²) in [7, 11) is 1.63. The van der Waals surface area contributed by atoms with Gasteiger partial charge < -0.3 is 4.74 Å². The molecule has 0 aliphatic rings. The quantitative estimate of drug-likeness (QED) is 0.163. The van der Waals surface area contributed by atoms with Crippen molar-refractivity contribution in [2.45, 2.75) is 60.7 Å². The van der Waals surface area contributed by atoms with Gasteiger partial charge in [-0.1, -0.05) is 105 Å². The Bertz CT molecular complexity index is 2980. The smallest absolute Gasteiger partial charge is 0.149 e. The average Bonchev–Trinajstić information content (AvgIpc) is 3.62. The first-order valence-corrected chi connectivity index (χ1v) is 18.9. The summed E-state index contributed by atoms with van der Waals surface area (Å²) in [5.41, 5.74) is 12.8. The molecule has 0 saturated heterocycles. The molecule has 0 aliphatic carbocycles. The fourth-order valence-electron chi connectivity index (χ4n) is 7.64. The van der Waals surface area contributed by atoms with Crippen LogP contribution in [-0.4, -0.2) is 21.6 Å². The largest absolute Gasteiger partial charge is 0.496 e. The van der Waals surface area contributed by atoms with Crippen LogP contribution in [0.5, 0.6) is 5.75 Å². The third-order valence-corrected chi connectivity index (χ3v) is 10.6. The van der Waals surface area contributed by atoms with Crippen LogP contribution in [0.4, 0.5) is 0 Å². The zero-order valence-corrected chi connectivity index (χ0v) is 33.0. The first-order valence-electron chi connectivity index (χ1n) is 21.9. The third kappa shape index (κ3) is 6.81. The molecule has 0 bridgehead atoms. The number of para-hydroxylation sites is 1. The molecule has 8 rings (SSSR count). The third-order valence-electron chi connectivity index (χ3n) is 10.6. The highest BCUT2D eigenvalue weighted by Crippen LogP contribution is 2.42. The van der Waals surface area contributed by atoms with E-state index in [2.05, 4.69) is 82.3 Å². The van der Waals surface area contributed by atoms with Crippen LogP contribution in [0.1, 0.15) is 62.4 Å². The number of hydrogen-bond donors (Lipinski definition) is 0. The zero-order valence-electron chi connectivity index (χ0n) is 39.0. The van der Waals surface area contributed by atoms with E-state index in [0.29, 0.717) is 45.0 Å². The summed E-state index contributed by atoms with van der Waals surface area (Å²) >= 11 is 0. The number of benzene rings is 6. The lowest BCUT2D eigenvalue weighted by Crippen LogP contribution is -2.11. The van der Waals surface area contributed by atoms with Crippen molar-refractivity contribution in [2.24, 2.45) is 0 Å². The number of aryl methyl sites for hydroxylation is 4. The molecule has 2 heterocycles. The van der Waals surface area contributed by atoms with Crippen molar-refractivity contribution in [3.05, 3.63) is 167 Å². The van der Waals surface area contributed by atoms with Gasteiger partial charge in [0.25, 0.3) is 0 Å². The predicted molar refractivity (Wildman–Crippen MR) is 235 cm³/mol. The number of rotatable bonds is 7. The predicted octanol–water partition coefficient (Wildman–Crippen LogP) is 13.6. The fourth-order valence-corrected chi connectivity index (χ4v) is 7.64. The molecular weight excluding hydrogens is 683 g/mol. The van der Waals surface area contributed by atoms with Crippen molar-refractivity contribution in [3.8, 4) is 67.5 Å². The topological polar surface area (TPSA) is 39.9 Å². The van der Waals surface area contributed by atoms with Gasteiger partial charge in [0.05, 0.1) is 29.4 Å². The van der Waals surface area contributed by atoms with Gasteiger partial charge in [0.15, 0.2) is 0 Å². The highest BCUT2D eigenvalue weighted by molar-refractivity contribution is 5.97. The summed E-state index contributed by atoms with van der Waals surface area (Å²) in [6.07, 6.45) is 1.86. The van der Waals surface area contributed by atoms with Gasteiger partial charge in [0.1, 0.15) is 11.6 Å². The second kappa shape index (κ2) is 14.4. The lowest BCUT2D eigenvalue weighted by atomic mass is 9.83. The van der Waals surface area contributed by atoms with Gasteiger partial charge in [-0.15, -0.1) is 0 Å². The van der Waals surface area contributed by atoms with E-state index >= 15 is 0 Å². The van der Waals surface area contributed by atoms with Crippen LogP contribution < -0.4 is 4.74 Å². The maximum atomic E-state index is 8.69. The fraction of sp³-hybridized carbons (Fsp3) is 0.192. The van der Waals surface area contributed by atoms with Crippen LogP contribution in [0.2, 0.25) is 0 Å². The molecule has 0 unspecified atom stereocenters. The molecule has 0 spiro atoms. The van der Waals surface area contributed by atoms with Gasteiger partial charge in [-0.25, -0.2) is 4.98 Å². The summed E-state index contributed by atoms with van der Waals surface area (Å²) in [5, 5.41) is 0. The molecule has 0 aliphatic heterocycles. The molecule has 8 aromatic rings. The van der Waals surface area contributed by atoms with Crippen molar-refractivity contribution in [3.63, 3.8) is 0 Å². The highest BCUT2D eigenvalue weighted by Gasteiger charge is 2.24. The Kier molecular flexibility index (Phi) is 7.73. The monoisotopic (exact) mass is 737 g/mol. The van der Waals surface area contributed by atoms with E-state index in [4.69, 9.17) is 22.9 Å². The summed E-state index contributed by atoms with van der Waals surface area (Å²) < 4.78 is 59.9. The molecule has 2 aromatic heterocycles. The lowest BCUT2D eigenvalue weighted by molar-refractivity contribution is 0.413. The molecule has 0 atom stereocenters. The summed E-state index contributed by atoms with van der Waals surface area (Å²) in [6.45, 7) is 7.20. The van der Waals surface area contributed by atoms with Crippen LogP contribution >= 0.6 is 0 Å². The first kappa shape index (κ1) is 30.0. The van der Waals surface area contributed by atoms with E-state index in [9.17, 15) is 0 Å². The standard InChI is InChI=1S/C52H49N3O/c1-32-18-20-37(21-19-32)39-22-23-53-47(30-39)41-27-40(28-42(29-41)52(6,7)8)44-16-13-17-48-49(44)54-51(46-25-33(2)24-35(4)50(46)56-9)55(48)43-26-34(3)36(5)45(31-43)38-14-11-10-12-15-38/h10-31H,1-9H3/i3D3,5D3. The van der Waals surface area contributed by atoms with Gasteiger partial charge in [-0.3, -0.25) is 9.55 Å². The Labute approximate surface area is 340 Å². The van der Waals surface area contributed by atoms with Crippen LogP contribution in [0.25, 0.3) is 72.7 Å². The summed E-state index contributed by atoms with van der Waals surface area (Å²) in [4.78, 5) is 10.3. The molecule has 0 radical (unpaired) electrons. The molecule has 0 fully saturated rings. The van der Waals surface area contributed by atoms with Crippen LogP contribution in [-0.2, 0) is 5.41 Å². The Morgan fingerprint density at radius 1 is 0.607 bits per heavy atom. The second-order valence-corrected chi connectivity index (χ2v) is 15.7. The van der Waals surface area contributed by atoms with Crippen LogP contribution in [0.3, 0.4) is 0 Å². The van der Waals surface area contributed by atoms with Crippen LogP contribution in [0, 0.1) is 34.5 Å². The maximum absolute atomic E-state index is 8.69. The van der Waals surface area contributed by atoms with Crippen molar-refractivity contribution in [1.29, 1.82) is 0 Å². The van der Waals surface area contributed by atoms with Gasteiger partial charge in [-0.05, 0) is 144 Å². The van der Waals surface area contributed by atoms with Gasteiger partial charge in [0.2, 0.25) is 0 Å². The van der Waals surface area contributed by atoms with Crippen molar-refractivity contribution in [1.82, 2.24) is 14.5 Å².